The Kier molecular flexibility index (Phi) is 7.29. The van der Waals surface area contributed by atoms with E-state index in [0.29, 0.717) is 25.7 Å². The molecule has 5 nitrogen and oxygen atoms in total. The molecular weight excluding hydrogens is 386 g/mol. The first-order chi connectivity index (χ1) is 13.7. The number of amides is 2. The molecule has 1 N–H and O–H groups in total. The van der Waals surface area contributed by atoms with Gasteiger partial charge < -0.3 is 10.2 Å². The Morgan fingerprint density at radius 1 is 0.862 bits per heavy atom. The maximum absolute atomic E-state index is 13.4. The highest BCUT2D eigenvalue weighted by atomic mass is 35.5. The van der Waals surface area contributed by atoms with E-state index >= 15 is 0 Å². The Hall–Kier alpha value is -2.37. The first kappa shape index (κ1) is 21.3. The van der Waals surface area contributed by atoms with Gasteiger partial charge in [0.2, 0.25) is 11.8 Å². The van der Waals surface area contributed by atoms with Crippen molar-refractivity contribution in [3.05, 3.63) is 71.8 Å². The van der Waals surface area contributed by atoms with Crippen LogP contribution in [0, 0.1) is 0 Å². The average molecular weight is 414 g/mol. The molecule has 2 aromatic carbocycles. The zero-order chi connectivity index (χ0) is 19.3. The van der Waals surface area contributed by atoms with Crippen molar-refractivity contribution >= 4 is 24.2 Å². The summed E-state index contributed by atoms with van der Waals surface area (Å²) in [6.07, 6.45) is 2.21. The molecule has 6 heteroatoms. The standard InChI is InChI=1S/C23H27N3O2.ClH/c27-21(24-20-11-12-20)17-25-13-15-26(16-14-25)23(28)22(18-7-3-1-4-8-18)19-9-5-2-6-10-19;/h1-10,20,22H,11-17H2,(H,24,27);1H. The van der Waals surface area contributed by atoms with Crippen molar-refractivity contribution in [3.8, 4) is 0 Å². The van der Waals surface area contributed by atoms with Gasteiger partial charge in [0, 0.05) is 32.2 Å². The third kappa shape index (κ3) is 5.58. The molecule has 1 aliphatic heterocycles. The number of rotatable bonds is 6. The lowest BCUT2D eigenvalue weighted by molar-refractivity contribution is -0.133. The highest BCUT2D eigenvalue weighted by molar-refractivity contribution is 5.87. The molecule has 4 rings (SSSR count). The van der Waals surface area contributed by atoms with Crippen molar-refractivity contribution in [1.82, 2.24) is 15.1 Å². The molecule has 29 heavy (non-hydrogen) atoms. The van der Waals surface area contributed by atoms with Gasteiger partial charge in [0.05, 0.1) is 12.5 Å². The van der Waals surface area contributed by atoms with Crippen LogP contribution in [-0.2, 0) is 9.59 Å². The number of carbonyl (C=O) groups excluding carboxylic acids is 2. The van der Waals surface area contributed by atoms with Gasteiger partial charge in [-0.1, -0.05) is 60.7 Å². The minimum Gasteiger partial charge on any atom is -0.352 e. The minimum absolute atomic E-state index is 0. The van der Waals surface area contributed by atoms with Crippen LogP contribution in [0.15, 0.2) is 60.7 Å². The Morgan fingerprint density at radius 2 is 1.38 bits per heavy atom. The molecule has 2 fully saturated rings. The normalized spacial score (nSPS) is 16.9. The third-order valence-corrected chi connectivity index (χ3v) is 5.51. The van der Waals surface area contributed by atoms with Crippen LogP contribution < -0.4 is 5.32 Å². The predicted molar refractivity (Wildman–Crippen MR) is 116 cm³/mol. The van der Waals surface area contributed by atoms with Gasteiger partial charge in [0.1, 0.15) is 0 Å². The quantitative estimate of drug-likeness (QED) is 0.792. The maximum atomic E-state index is 13.4. The largest absolute Gasteiger partial charge is 0.352 e. The van der Waals surface area contributed by atoms with Crippen LogP contribution in [-0.4, -0.2) is 60.4 Å². The molecule has 1 heterocycles. The SMILES string of the molecule is Cl.O=C(CN1CCN(C(=O)C(c2ccccc2)c2ccccc2)CC1)NC1CC1. The zero-order valence-electron chi connectivity index (χ0n) is 16.5. The molecular formula is C23H28ClN3O2. The first-order valence-corrected chi connectivity index (χ1v) is 10.1. The summed E-state index contributed by atoms with van der Waals surface area (Å²) in [6, 6.07) is 20.4. The maximum Gasteiger partial charge on any atom is 0.234 e. The molecule has 2 amide bonds. The molecule has 0 radical (unpaired) electrons. The third-order valence-electron chi connectivity index (χ3n) is 5.51. The molecule has 1 saturated carbocycles. The molecule has 1 aliphatic carbocycles. The minimum atomic E-state index is -0.285. The number of hydrogen-bond donors (Lipinski definition) is 1. The van der Waals surface area contributed by atoms with E-state index in [0.717, 1.165) is 37.1 Å². The van der Waals surface area contributed by atoms with Crippen molar-refractivity contribution in [1.29, 1.82) is 0 Å². The van der Waals surface area contributed by atoms with Gasteiger partial charge in [-0.15, -0.1) is 12.4 Å². The number of piperazine rings is 1. The van der Waals surface area contributed by atoms with Crippen LogP contribution >= 0.6 is 12.4 Å². The van der Waals surface area contributed by atoms with Crippen molar-refractivity contribution in [2.45, 2.75) is 24.8 Å². The van der Waals surface area contributed by atoms with Crippen LogP contribution in [0.1, 0.15) is 29.9 Å². The summed E-state index contributed by atoms with van der Waals surface area (Å²) in [5, 5.41) is 3.04. The summed E-state index contributed by atoms with van der Waals surface area (Å²) in [5.74, 6) is -0.0414. The van der Waals surface area contributed by atoms with Gasteiger partial charge in [-0.3, -0.25) is 14.5 Å². The van der Waals surface area contributed by atoms with Gasteiger partial charge in [-0.05, 0) is 24.0 Å². The molecule has 0 bridgehead atoms. The van der Waals surface area contributed by atoms with Crippen LogP contribution in [0.3, 0.4) is 0 Å². The number of halogens is 1. The summed E-state index contributed by atoms with van der Waals surface area (Å²) in [4.78, 5) is 29.5. The van der Waals surface area contributed by atoms with E-state index in [9.17, 15) is 9.59 Å². The number of nitrogens with one attached hydrogen (secondary N) is 1. The van der Waals surface area contributed by atoms with Crippen molar-refractivity contribution in [2.24, 2.45) is 0 Å². The van der Waals surface area contributed by atoms with Gasteiger partial charge in [-0.25, -0.2) is 0 Å². The zero-order valence-corrected chi connectivity index (χ0v) is 17.3. The number of carbonyl (C=O) groups is 2. The van der Waals surface area contributed by atoms with Crippen molar-refractivity contribution in [3.63, 3.8) is 0 Å². The molecule has 2 aliphatic rings. The molecule has 0 spiro atoms. The Labute approximate surface area is 178 Å². The lowest BCUT2D eigenvalue weighted by Gasteiger charge is -2.36. The number of benzene rings is 2. The van der Waals surface area contributed by atoms with E-state index in [4.69, 9.17) is 0 Å². The summed E-state index contributed by atoms with van der Waals surface area (Å²) in [6.45, 7) is 3.22. The average Bonchev–Trinajstić information content (AvgIpc) is 3.54. The predicted octanol–water partition coefficient (Wildman–Crippen LogP) is 2.66. The van der Waals surface area contributed by atoms with Gasteiger partial charge >= 0.3 is 0 Å². The lowest BCUT2D eigenvalue weighted by Crippen LogP contribution is -2.52. The second kappa shape index (κ2) is 9.90. The second-order valence-corrected chi connectivity index (χ2v) is 7.70. The van der Waals surface area contributed by atoms with E-state index in [1.54, 1.807) is 0 Å². The first-order valence-electron chi connectivity index (χ1n) is 10.1. The van der Waals surface area contributed by atoms with Crippen LogP contribution in [0.2, 0.25) is 0 Å². The highest BCUT2D eigenvalue weighted by Gasteiger charge is 2.30. The Morgan fingerprint density at radius 3 is 1.86 bits per heavy atom. The lowest BCUT2D eigenvalue weighted by atomic mass is 9.90. The van der Waals surface area contributed by atoms with E-state index in [1.165, 1.54) is 0 Å². The Balaban J connectivity index is 0.00000240. The molecule has 1 saturated heterocycles. The van der Waals surface area contributed by atoms with E-state index in [-0.39, 0.29) is 30.1 Å². The molecule has 0 atom stereocenters. The van der Waals surface area contributed by atoms with Crippen LogP contribution in [0.25, 0.3) is 0 Å². The number of hydrogen-bond acceptors (Lipinski definition) is 3. The van der Waals surface area contributed by atoms with E-state index < -0.39 is 0 Å². The fourth-order valence-corrected chi connectivity index (χ4v) is 3.78. The molecule has 0 aromatic heterocycles. The van der Waals surface area contributed by atoms with E-state index in [2.05, 4.69) is 10.2 Å². The molecule has 154 valence electrons. The van der Waals surface area contributed by atoms with Gasteiger partial charge in [-0.2, -0.15) is 0 Å². The summed E-state index contributed by atoms with van der Waals surface area (Å²) >= 11 is 0. The van der Waals surface area contributed by atoms with E-state index in [1.807, 2.05) is 65.6 Å². The Bertz CT molecular complexity index is 764. The van der Waals surface area contributed by atoms with Gasteiger partial charge in [0.15, 0.2) is 0 Å². The van der Waals surface area contributed by atoms with Crippen molar-refractivity contribution < 1.29 is 9.59 Å². The fraction of sp³-hybridized carbons (Fsp3) is 0.391. The smallest absolute Gasteiger partial charge is 0.234 e. The molecule has 2 aromatic rings. The monoisotopic (exact) mass is 413 g/mol. The number of nitrogens with zero attached hydrogens (tertiary/aromatic N) is 2. The summed E-state index contributed by atoms with van der Waals surface area (Å²) in [5.41, 5.74) is 2.04. The molecule has 0 unspecified atom stereocenters. The highest BCUT2D eigenvalue weighted by Crippen LogP contribution is 2.27. The fourth-order valence-electron chi connectivity index (χ4n) is 3.78. The summed E-state index contributed by atoms with van der Waals surface area (Å²) < 4.78 is 0. The van der Waals surface area contributed by atoms with Gasteiger partial charge in [0.25, 0.3) is 0 Å². The van der Waals surface area contributed by atoms with Crippen LogP contribution in [0.5, 0.6) is 0 Å². The second-order valence-electron chi connectivity index (χ2n) is 7.70. The topological polar surface area (TPSA) is 52.7 Å². The van der Waals surface area contributed by atoms with Crippen LogP contribution in [0.4, 0.5) is 0 Å². The summed E-state index contributed by atoms with van der Waals surface area (Å²) in [7, 11) is 0. The van der Waals surface area contributed by atoms with Crippen molar-refractivity contribution in [2.75, 3.05) is 32.7 Å².